The number of carbonyl (C=O) groups excluding carboxylic acids is 3. The van der Waals surface area contributed by atoms with E-state index in [0.29, 0.717) is 24.8 Å². The molecule has 0 aromatic carbocycles. The maximum absolute atomic E-state index is 17.3. The van der Waals surface area contributed by atoms with Gasteiger partial charge in [0, 0.05) is 29.1 Å². The summed E-state index contributed by atoms with van der Waals surface area (Å²) in [5, 5.41) is 11.5. The molecule has 0 aliphatic heterocycles. The highest BCUT2D eigenvalue weighted by Gasteiger charge is 2.77. The molecule has 4 aliphatic carbocycles. The van der Waals surface area contributed by atoms with Crippen molar-refractivity contribution in [3.63, 3.8) is 0 Å². The van der Waals surface area contributed by atoms with Gasteiger partial charge in [-0.05, 0) is 56.6 Å². The molecule has 188 valence electrons. The molecule has 0 saturated heterocycles. The van der Waals surface area contributed by atoms with Gasteiger partial charge in [-0.1, -0.05) is 39.3 Å². The molecule has 0 bridgehead atoms. The van der Waals surface area contributed by atoms with E-state index in [0.717, 1.165) is 0 Å². The zero-order valence-corrected chi connectivity index (χ0v) is 21.5. The van der Waals surface area contributed by atoms with Gasteiger partial charge in [-0.2, -0.15) is 0 Å². The largest absolute Gasteiger partial charge is 0.450 e. The van der Waals surface area contributed by atoms with E-state index in [1.165, 1.54) is 12.2 Å². The number of halogens is 2. The second-order valence-corrected chi connectivity index (χ2v) is 12.0. The van der Waals surface area contributed by atoms with Gasteiger partial charge in [0.2, 0.25) is 0 Å². The lowest BCUT2D eigenvalue weighted by Crippen LogP contribution is -2.70. The quantitative estimate of drug-likeness (QED) is 0.441. The Morgan fingerprint density at radius 2 is 1.97 bits per heavy atom. The molecule has 4 aliphatic rings. The van der Waals surface area contributed by atoms with Crippen LogP contribution in [0.15, 0.2) is 23.8 Å². The molecule has 34 heavy (non-hydrogen) atoms. The lowest BCUT2D eigenvalue weighted by Gasteiger charge is -2.62. The van der Waals surface area contributed by atoms with Crippen molar-refractivity contribution in [2.24, 2.45) is 34.5 Å². The smallest absolute Gasteiger partial charge is 0.307 e. The van der Waals surface area contributed by atoms with Gasteiger partial charge in [-0.25, -0.2) is 4.39 Å². The molecule has 0 amide bonds. The first-order valence-corrected chi connectivity index (χ1v) is 12.9. The molecular weight excluding hydrogens is 459 g/mol. The van der Waals surface area contributed by atoms with Crippen LogP contribution in [-0.2, 0) is 19.1 Å². The van der Waals surface area contributed by atoms with Crippen LogP contribution in [0, 0.1) is 34.5 Å². The van der Waals surface area contributed by atoms with Crippen molar-refractivity contribution in [3.05, 3.63) is 23.8 Å². The van der Waals surface area contributed by atoms with E-state index in [4.69, 9.17) is 16.3 Å². The molecule has 7 heteroatoms. The number of allylic oxidation sites excluding steroid dienone is 4. The van der Waals surface area contributed by atoms with E-state index in [2.05, 4.69) is 0 Å². The van der Waals surface area contributed by atoms with Crippen LogP contribution in [-0.4, -0.2) is 45.9 Å². The number of hydrogen-bond donors (Lipinski definition) is 1. The molecule has 5 nitrogen and oxygen atoms in total. The number of fused-ring (bicyclic) bond motifs is 5. The van der Waals surface area contributed by atoms with Crippen LogP contribution in [0.1, 0.15) is 66.7 Å². The van der Waals surface area contributed by atoms with E-state index >= 15 is 4.39 Å². The Morgan fingerprint density at radius 3 is 2.59 bits per heavy atom. The molecule has 0 radical (unpaired) electrons. The van der Waals surface area contributed by atoms with Crippen molar-refractivity contribution < 1.29 is 28.6 Å². The molecule has 1 N–H and O–H groups in total. The number of ketones is 2. The van der Waals surface area contributed by atoms with Gasteiger partial charge in [0.1, 0.15) is 0 Å². The minimum absolute atomic E-state index is 0.0305. The van der Waals surface area contributed by atoms with E-state index in [1.54, 1.807) is 13.0 Å². The third-order valence-corrected chi connectivity index (χ3v) is 9.81. The maximum Gasteiger partial charge on any atom is 0.307 e. The summed E-state index contributed by atoms with van der Waals surface area (Å²) in [4.78, 5) is 38.4. The summed E-state index contributed by atoms with van der Waals surface area (Å²) in [5.41, 5.74) is -4.87. The van der Waals surface area contributed by atoms with Crippen molar-refractivity contribution >= 4 is 29.1 Å². The summed E-state index contributed by atoms with van der Waals surface area (Å²) in [5.74, 6) is -2.50. The molecular formula is C27H36ClFO5. The summed E-state index contributed by atoms with van der Waals surface area (Å²) in [7, 11) is 0. The Labute approximate surface area is 206 Å². The zero-order chi connectivity index (χ0) is 25.3. The number of esters is 1. The fourth-order valence-corrected chi connectivity index (χ4v) is 8.25. The highest BCUT2D eigenvalue weighted by Crippen LogP contribution is 2.71. The Morgan fingerprint density at radius 1 is 1.29 bits per heavy atom. The van der Waals surface area contributed by atoms with Gasteiger partial charge in [0.15, 0.2) is 22.8 Å². The zero-order valence-electron chi connectivity index (χ0n) is 20.7. The Balaban J connectivity index is 1.81. The van der Waals surface area contributed by atoms with Crippen molar-refractivity contribution in [1.82, 2.24) is 0 Å². The lowest BCUT2D eigenvalue weighted by atomic mass is 9.44. The fourth-order valence-electron chi connectivity index (χ4n) is 8.05. The second kappa shape index (κ2) is 8.26. The van der Waals surface area contributed by atoms with Gasteiger partial charge in [-0.3, -0.25) is 14.4 Å². The number of ether oxygens (including phenoxy) is 1. The Hall–Kier alpha value is -1.53. The van der Waals surface area contributed by atoms with Gasteiger partial charge in [-0.15, -0.1) is 11.6 Å². The first-order chi connectivity index (χ1) is 15.8. The minimum atomic E-state index is -2.00. The van der Waals surface area contributed by atoms with E-state index in [1.807, 2.05) is 27.7 Å². The summed E-state index contributed by atoms with van der Waals surface area (Å²) in [6, 6.07) is 0. The van der Waals surface area contributed by atoms with Crippen molar-refractivity contribution in [3.8, 4) is 0 Å². The van der Waals surface area contributed by atoms with E-state index in [9.17, 15) is 19.5 Å². The molecule has 0 aromatic heterocycles. The number of alkyl halides is 2. The first-order valence-electron chi connectivity index (χ1n) is 12.4. The fraction of sp³-hybridized carbons (Fsp3) is 0.741. The van der Waals surface area contributed by atoms with Crippen LogP contribution >= 0.6 is 11.6 Å². The van der Waals surface area contributed by atoms with Crippen molar-refractivity contribution in [2.75, 3.05) is 5.88 Å². The van der Waals surface area contributed by atoms with Crippen LogP contribution in [0.4, 0.5) is 4.39 Å². The molecule has 0 unspecified atom stereocenters. The highest BCUT2D eigenvalue weighted by atomic mass is 35.5. The average Bonchev–Trinajstić information content (AvgIpc) is 2.96. The van der Waals surface area contributed by atoms with Crippen LogP contribution in [0.2, 0.25) is 0 Å². The van der Waals surface area contributed by atoms with E-state index in [-0.39, 0.29) is 48.0 Å². The van der Waals surface area contributed by atoms with Crippen LogP contribution in [0.5, 0.6) is 0 Å². The molecule has 8 atom stereocenters. The molecule has 0 aromatic rings. The van der Waals surface area contributed by atoms with Gasteiger partial charge >= 0.3 is 5.97 Å². The average molecular weight is 495 g/mol. The summed E-state index contributed by atoms with van der Waals surface area (Å²) in [6.07, 6.45) is 4.72. The molecule has 3 saturated carbocycles. The number of Topliss-reactive ketones (excluding diaryl/α,β-unsaturated/α-hetero) is 1. The minimum Gasteiger partial charge on any atom is -0.450 e. The van der Waals surface area contributed by atoms with E-state index < -0.39 is 40.1 Å². The number of rotatable bonds is 5. The van der Waals surface area contributed by atoms with Gasteiger partial charge in [0.25, 0.3) is 0 Å². The van der Waals surface area contributed by atoms with Crippen LogP contribution < -0.4 is 0 Å². The molecule has 4 rings (SSSR count). The molecule has 3 fully saturated rings. The number of aliphatic hydroxyl groups excluding tert-OH is 1. The van der Waals surface area contributed by atoms with Crippen LogP contribution in [0.25, 0.3) is 0 Å². The molecule has 0 spiro atoms. The normalized spacial score (nSPS) is 45.3. The monoisotopic (exact) mass is 494 g/mol. The van der Waals surface area contributed by atoms with Gasteiger partial charge < -0.3 is 9.84 Å². The first kappa shape index (κ1) is 25.6. The Kier molecular flexibility index (Phi) is 6.21. The third-order valence-electron chi connectivity index (χ3n) is 9.57. The topological polar surface area (TPSA) is 80.7 Å². The highest BCUT2D eigenvalue weighted by molar-refractivity contribution is 6.29. The van der Waals surface area contributed by atoms with Crippen molar-refractivity contribution in [2.45, 2.75) is 84.1 Å². The van der Waals surface area contributed by atoms with Crippen molar-refractivity contribution in [1.29, 1.82) is 0 Å². The summed E-state index contributed by atoms with van der Waals surface area (Å²) < 4.78 is 23.4. The third kappa shape index (κ3) is 3.16. The lowest BCUT2D eigenvalue weighted by molar-refractivity contribution is -0.227. The Bertz CT molecular complexity index is 974. The van der Waals surface area contributed by atoms with Crippen LogP contribution in [0.3, 0.4) is 0 Å². The second-order valence-electron chi connectivity index (χ2n) is 11.8. The van der Waals surface area contributed by atoms with Gasteiger partial charge in [0.05, 0.1) is 12.0 Å². The standard InChI is InChI=1S/C27H36ClFO5/c1-15(2)10-23(33)34-27(22(32)14-28)16(3)11-20-19-7-6-17-12-18(30)8-9-24(17,4)26(19,29)21(31)13-25(20,27)5/h8-9,12,15-16,19-21,31H,6-7,10-11,13-14H2,1-5H3/t16-,19-,20-,21-,24-,25-,26-,27-/m0/s1. The number of hydrogen-bond acceptors (Lipinski definition) is 5. The summed E-state index contributed by atoms with van der Waals surface area (Å²) in [6.45, 7) is 9.30. The predicted molar refractivity (Wildman–Crippen MR) is 127 cm³/mol. The number of aliphatic hydroxyl groups is 1. The maximum atomic E-state index is 17.3. The number of carbonyl (C=O) groups is 3. The predicted octanol–water partition coefficient (Wildman–Crippen LogP) is 4.74. The molecule has 0 heterocycles. The summed E-state index contributed by atoms with van der Waals surface area (Å²) >= 11 is 6.07. The SMILES string of the molecule is CC(C)CC(=O)O[C@]1(C(=O)CCl)[C@@H](C)C[C@H]2[C@@H]3CCC4=CC(=O)C=C[C@]4(C)[C@@]3(F)[C@@H](O)C[C@@]21C.